The Hall–Kier alpha value is -0.890. The minimum Gasteiger partial charge on any atom is -0.204 e. The van der Waals surface area contributed by atoms with E-state index in [1.807, 2.05) is 0 Å². The van der Waals surface area contributed by atoms with E-state index in [-0.39, 0.29) is 0 Å². The van der Waals surface area contributed by atoms with Crippen molar-refractivity contribution in [1.82, 2.24) is 0 Å². The summed E-state index contributed by atoms with van der Waals surface area (Å²) in [5.41, 5.74) is 0. The summed E-state index contributed by atoms with van der Waals surface area (Å²) < 4.78 is 2.19. The van der Waals surface area contributed by atoms with Crippen molar-refractivity contribution >= 4 is 26.7 Å². The summed E-state index contributed by atoms with van der Waals surface area (Å²) in [7, 11) is 0. The van der Waals surface area contributed by atoms with Crippen molar-refractivity contribution in [2.45, 2.75) is 6.54 Å². The average Bonchev–Trinajstić information content (AvgIpc) is 2.18. The van der Waals surface area contributed by atoms with Crippen molar-refractivity contribution in [1.29, 1.82) is 0 Å². The van der Waals surface area contributed by atoms with Gasteiger partial charge in [-0.05, 0) is 11.5 Å². The monoisotopic (exact) mass is 236 g/mol. The minimum absolute atomic E-state index is 0.996. The van der Waals surface area contributed by atoms with Crippen LogP contribution in [-0.2, 0) is 6.54 Å². The molecule has 2 rings (SSSR count). The van der Waals surface area contributed by atoms with Gasteiger partial charge in [0.15, 0.2) is 18.9 Å². The van der Waals surface area contributed by atoms with Crippen molar-refractivity contribution in [3.05, 3.63) is 42.7 Å². The van der Waals surface area contributed by atoms with Gasteiger partial charge in [-0.1, -0.05) is 34.1 Å². The van der Waals surface area contributed by atoms with Crippen molar-refractivity contribution < 1.29 is 4.57 Å². The molecule has 1 aromatic carbocycles. The van der Waals surface area contributed by atoms with Crippen LogP contribution < -0.4 is 4.57 Å². The summed E-state index contributed by atoms with van der Waals surface area (Å²) in [4.78, 5) is 0. The lowest BCUT2D eigenvalue weighted by Gasteiger charge is -1.96. The number of rotatable bonds is 2. The Morgan fingerprint density at radius 3 is 2.62 bits per heavy atom. The van der Waals surface area contributed by atoms with Gasteiger partial charge in [-0.15, -0.1) is 0 Å². The van der Waals surface area contributed by atoms with Gasteiger partial charge in [0.25, 0.3) is 0 Å². The number of hydrogen-bond acceptors (Lipinski definition) is 0. The second-order valence-electron chi connectivity index (χ2n) is 3.00. The zero-order valence-electron chi connectivity index (χ0n) is 7.28. The molecule has 0 bridgehead atoms. The maximum Gasteiger partial charge on any atom is 0.176 e. The van der Waals surface area contributed by atoms with Crippen LogP contribution in [0.25, 0.3) is 10.8 Å². The molecule has 0 radical (unpaired) electrons. The Bertz CT molecular complexity index is 412. The fraction of sp³-hybridized carbons (Fsp3) is 0.182. The zero-order valence-corrected chi connectivity index (χ0v) is 8.87. The van der Waals surface area contributed by atoms with Crippen LogP contribution in [0.2, 0.25) is 0 Å². The fourth-order valence-corrected chi connectivity index (χ4v) is 1.82. The van der Waals surface area contributed by atoms with Crippen LogP contribution in [0.15, 0.2) is 42.7 Å². The van der Waals surface area contributed by atoms with E-state index >= 15 is 0 Å². The number of alkyl halides is 1. The molecule has 0 N–H and O–H groups in total. The molecule has 0 unspecified atom stereocenters. The summed E-state index contributed by atoms with van der Waals surface area (Å²) >= 11 is 3.43. The van der Waals surface area contributed by atoms with Gasteiger partial charge in [-0.25, -0.2) is 4.57 Å². The first-order chi connectivity index (χ1) is 6.40. The molecule has 0 saturated heterocycles. The maximum atomic E-state index is 3.43. The highest BCUT2D eigenvalue weighted by molar-refractivity contribution is 9.09. The van der Waals surface area contributed by atoms with E-state index in [2.05, 4.69) is 63.2 Å². The van der Waals surface area contributed by atoms with Gasteiger partial charge in [0.1, 0.15) is 0 Å². The second-order valence-corrected chi connectivity index (χ2v) is 3.79. The second kappa shape index (κ2) is 3.88. The van der Waals surface area contributed by atoms with Gasteiger partial charge >= 0.3 is 0 Å². The molecule has 66 valence electrons. The lowest BCUT2D eigenvalue weighted by atomic mass is 10.2. The Kier molecular flexibility index (Phi) is 2.60. The molecular formula is C11H11BrN+. The van der Waals surface area contributed by atoms with E-state index in [1.165, 1.54) is 10.8 Å². The summed E-state index contributed by atoms with van der Waals surface area (Å²) in [6, 6.07) is 10.6. The standard InChI is InChI=1S/C11H11BrN/c12-6-8-13-7-5-10-3-1-2-4-11(10)9-13/h1-5,7,9H,6,8H2/q+1. The van der Waals surface area contributed by atoms with Crippen LogP contribution in [-0.4, -0.2) is 5.33 Å². The zero-order chi connectivity index (χ0) is 9.10. The van der Waals surface area contributed by atoms with Crippen LogP contribution in [0.5, 0.6) is 0 Å². The average molecular weight is 237 g/mol. The van der Waals surface area contributed by atoms with Crippen LogP contribution in [0.3, 0.4) is 0 Å². The number of halogens is 1. The van der Waals surface area contributed by atoms with Gasteiger partial charge in [0.05, 0.1) is 5.33 Å². The Labute approximate surface area is 86.1 Å². The summed E-state index contributed by atoms with van der Waals surface area (Å²) in [5, 5.41) is 3.59. The molecule has 0 aliphatic carbocycles. The molecule has 0 amide bonds. The number of nitrogens with zero attached hydrogens (tertiary/aromatic N) is 1. The molecule has 2 aromatic rings. The van der Waals surface area contributed by atoms with E-state index in [9.17, 15) is 0 Å². The molecule has 0 atom stereocenters. The van der Waals surface area contributed by atoms with Crippen LogP contribution in [0, 0.1) is 0 Å². The van der Waals surface area contributed by atoms with E-state index < -0.39 is 0 Å². The summed E-state index contributed by atoms with van der Waals surface area (Å²) in [5.74, 6) is 0. The maximum absolute atomic E-state index is 3.43. The molecule has 0 aliphatic rings. The molecule has 1 nitrogen and oxygen atoms in total. The van der Waals surface area contributed by atoms with E-state index in [0.29, 0.717) is 0 Å². The fourth-order valence-electron chi connectivity index (χ4n) is 1.41. The molecule has 0 fully saturated rings. The predicted molar refractivity (Wildman–Crippen MR) is 57.9 cm³/mol. The van der Waals surface area contributed by atoms with Gasteiger partial charge in [0, 0.05) is 11.5 Å². The van der Waals surface area contributed by atoms with Gasteiger partial charge in [0.2, 0.25) is 0 Å². The highest BCUT2D eigenvalue weighted by atomic mass is 79.9. The summed E-state index contributed by atoms with van der Waals surface area (Å²) in [6.07, 6.45) is 4.29. The van der Waals surface area contributed by atoms with Crippen molar-refractivity contribution in [3.63, 3.8) is 0 Å². The molecule has 0 saturated carbocycles. The van der Waals surface area contributed by atoms with E-state index in [1.54, 1.807) is 0 Å². The third kappa shape index (κ3) is 1.89. The highest BCUT2D eigenvalue weighted by Crippen LogP contribution is 2.09. The lowest BCUT2D eigenvalue weighted by Crippen LogP contribution is -2.33. The number of aryl methyl sites for hydroxylation is 1. The molecular weight excluding hydrogens is 226 g/mol. The largest absolute Gasteiger partial charge is 0.204 e. The van der Waals surface area contributed by atoms with Crippen molar-refractivity contribution in [2.24, 2.45) is 0 Å². The molecule has 13 heavy (non-hydrogen) atoms. The number of hydrogen-bond donors (Lipinski definition) is 0. The van der Waals surface area contributed by atoms with Gasteiger partial charge in [-0.3, -0.25) is 0 Å². The van der Waals surface area contributed by atoms with Crippen molar-refractivity contribution in [3.8, 4) is 0 Å². The summed E-state index contributed by atoms with van der Waals surface area (Å²) in [6.45, 7) is 1.02. The predicted octanol–water partition coefficient (Wildman–Crippen LogP) is 2.52. The quantitative estimate of drug-likeness (QED) is 0.558. The van der Waals surface area contributed by atoms with E-state index in [0.717, 1.165) is 11.9 Å². The molecule has 1 heterocycles. The topological polar surface area (TPSA) is 3.88 Å². The first-order valence-corrected chi connectivity index (χ1v) is 5.46. The molecule has 0 aliphatic heterocycles. The number of aromatic nitrogens is 1. The normalized spacial score (nSPS) is 10.5. The van der Waals surface area contributed by atoms with Crippen LogP contribution in [0.1, 0.15) is 0 Å². The van der Waals surface area contributed by atoms with Gasteiger partial charge < -0.3 is 0 Å². The smallest absolute Gasteiger partial charge is 0.176 e. The molecule has 2 heteroatoms. The third-order valence-electron chi connectivity index (χ3n) is 2.09. The van der Waals surface area contributed by atoms with Crippen LogP contribution >= 0.6 is 15.9 Å². The number of pyridine rings is 1. The Balaban J connectivity index is 2.49. The highest BCUT2D eigenvalue weighted by Gasteiger charge is 2.00. The lowest BCUT2D eigenvalue weighted by molar-refractivity contribution is -0.690. The van der Waals surface area contributed by atoms with E-state index in [4.69, 9.17) is 0 Å². The minimum atomic E-state index is 0.996. The Morgan fingerprint density at radius 1 is 1.08 bits per heavy atom. The number of benzene rings is 1. The first-order valence-electron chi connectivity index (χ1n) is 4.34. The van der Waals surface area contributed by atoms with Crippen molar-refractivity contribution in [2.75, 3.05) is 5.33 Å². The SMILES string of the molecule is BrCC[n+]1ccc2ccccc2c1. The first kappa shape index (κ1) is 8.70. The number of fused-ring (bicyclic) bond motifs is 1. The third-order valence-corrected chi connectivity index (χ3v) is 2.44. The Morgan fingerprint density at radius 2 is 1.85 bits per heavy atom. The molecule has 0 spiro atoms. The molecule has 1 aromatic heterocycles. The van der Waals surface area contributed by atoms with Crippen LogP contribution in [0.4, 0.5) is 0 Å². The van der Waals surface area contributed by atoms with Gasteiger partial charge in [-0.2, -0.15) is 0 Å².